The molecule has 5 heteroatoms. The first kappa shape index (κ1) is 14.0. The quantitative estimate of drug-likeness (QED) is 0.922. The lowest BCUT2D eigenvalue weighted by Crippen LogP contribution is -2.66. The van der Waals surface area contributed by atoms with E-state index in [1.54, 1.807) is 17.9 Å². The summed E-state index contributed by atoms with van der Waals surface area (Å²) in [7, 11) is 0. The minimum Gasteiger partial charge on any atom is -0.340 e. The summed E-state index contributed by atoms with van der Waals surface area (Å²) < 4.78 is 13.4. The highest BCUT2D eigenvalue weighted by molar-refractivity contribution is 5.98. The van der Waals surface area contributed by atoms with E-state index in [1.165, 1.54) is 12.1 Å². The van der Waals surface area contributed by atoms with Gasteiger partial charge in [-0.1, -0.05) is 6.07 Å². The Kier molecular flexibility index (Phi) is 3.23. The molecule has 1 aromatic carbocycles. The molecule has 0 bridgehead atoms. The highest BCUT2D eigenvalue weighted by atomic mass is 19.1. The fourth-order valence-corrected chi connectivity index (χ4v) is 3.04. The van der Waals surface area contributed by atoms with Crippen molar-refractivity contribution in [2.75, 3.05) is 6.54 Å². The number of carbonyl (C=O) groups excluding carboxylic acids is 2. The molecule has 112 valence electrons. The summed E-state index contributed by atoms with van der Waals surface area (Å²) in [6.45, 7) is 3.99. The lowest BCUT2D eigenvalue weighted by Gasteiger charge is -2.40. The van der Waals surface area contributed by atoms with E-state index in [0.717, 1.165) is 24.0 Å². The summed E-state index contributed by atoms with van der Waals surface area (Å²) in [5, 5.41) is 2.84. The first-order chi connectivity index (χ1) is 9.90. The molecule has 1 heterocycles. The van der Waals surface area contributed by atoms with Gasteiger partial charge in [0.15, 0.2) is 0 Å². The number of rotatable bonds is 3. The summed E-state index contributed by atoms with van der Waals surface area (Å²) in [6, 6.07) is 4.53. The van der Waals surface area contributed by atoms with Gasteiger partial charge in [-0.15, -0.1) is 0 Å². The third-order valence-corrected chi connectivity index (χ3v) is 4.53. The summed E-state index contributed by atoms with van der Waals surface area (Å²) in [5.74, 6) is -0.300. The fraction of sp³-hybridized carbons (Fsp3) is 0.500. The number of piperazine rings is 1. The minimum absolute atomic E-state index is 0.0388. The van der Waals surface area contributed by atoms with Gasteiger partial charge >= 0.3 is 0 Å². The summed E-state index contributed by atoms with van der Waals surface area (Å²) in [6.07, 6.45) is 1.94. The predicted molar refractivity (Wildman–Crippen MR) is 75.8 cm³/mol. The maximum atomic E-state index is 13.4. The second-order valence-corrected chi connectivity index (χ2v) is 6.26. The molecular formula is C16H19FN2O2. The standard InChI is InChI=1S/C16H19FN2O2/c1-10-3-6-13(17)7-11(10)8-19-9-14(20)18-16(2,15(19)21)12-4-5-12/h3,6-7,12H,4-5,8-9H2,1-2H3,(H,18,20). The summed E-state index contributed by atoms with van der Waals surface area (Å²) >= 11 is 0. The molecule has 0 radical (unpaired) electrons. The van der Waals surface area contributed by atoms with E-state index in [4.69, 9.17) is 0 Å². The van der Waals surface area contributed by atoms with E-state index < -0.39 is 5.54 Å². The van der Waals surface area contributed by atoms with E-state index >= 15 is 0 Å². The molecule has 2 amide bonds. The molecule has 0 aromatic heterocycles. The second-order valence-electron chi connectivity index (χ2n) is 6.26. The van der Waals surface area contributed by atoms with Crippen LogP contribution in [0.5, 0.6) is 0 Å². The number of nitrogens with zero attached hydrogens (tertiary/aromatic N) is 1. The molecule has 2 aliphatic rings. The van der Waals surface area contributed by atoms with Crippen molar-refractivity contribution in [3.63, 3.8) is 0 Å². The third kappa shape index (κ3) is 2.52. The third-order valence-electron chi connectivity index (χ3n) is 4.53. The number of nitrogens with one attached hydrogen (secondary N) is 1. The average Bonchev–Trinajstić information content (AvgIpc) is 3.24. The molecule has 1 unspecified atom stereocenters. The first-order valence-corrected chi connectivity index (χ1v) is 7.25. The fourth-order valence-electron chi connectivity index (χ4n) is 3.04. The lowest BCUT2D eigenvalue weighted by atomic mass is 9.91. The molecule has 1 saturated heterocycles. The van der Waals surface area contributed by atoms with Gasteiger partial charge in [-0.2, -0.15) is 0 Å². The van der Waals surface area contributed by atoms with Gasteiger partial charge in [0.1, 0.15) is 11.4 Å². The van der Waals surface area contributed by atoms with Gasteiger partial charge in [0.2, 0.25) is 11.8 Å². The molecule has 1 aliphatic heterocycles. The lowest BCUT2D eigenvalue weighted by molar-refractivity contribution is -0.150. The number of amides is 2. The van der Waals surface area contributed by atoms with Gasteiger partial charge in [-0.3, -0.25) is 9.59 Å². The number of benzene rings is 1. The Balaban J connectivity index is 1.85. The largest absolute Gasteiger partial charge is 0.340 e. The number of hydrogen-bond acceptors (Lipinski definition) is 2. The Hall–Kier alpha value is -1.91. The van der Waals surface area contributed by atoms with E-state index in [-0.39, 0.29) is 36.6 Å². The second kappa shape index (κ2) is 4.83. The predicted octanol–water partition coefficient (Wildman–Crippen LogP) is 1.76. The van der Waals surface area contributed by atoms with Gasteiger partial charge < -0.3 is 10.2 Å². The van der Waals surface area contributed by atoms with Crippen LogP contribution < -0.4 is 5.32 Å². The van der Waals surface area contributed by atoms with E-state index in [1.807, 2.05) is 6.92 Å². The number of hydrogen-bond donors (Lipinski definition) is 1. The molecule has 4 nitrogen and oxygen atoms in total. The van der Waals surface area contributed by atoms with E-state index in [0.29, 0.717) is 0 Å². The van der Waals surface area contributed by atoms with Crippen LogP contribution in [0.3, 0.4) is 0 Å². The van der Waals surface area contributed by atoms with Crippen molar-refractivity contribution in [1.82, 2.24) is 10.2 Å². The number of aryl methyl sites for hydroxylation is 1. The topological polar surface area (TPSA) is 49.4 Å². The molecule has 3 rings (SSSR count). The monoisotopic (exact) mass is 290 g/mol. The minimum atomic E-state index is -0.795. The first-order valence-electron chi connectivity index (χ1n) is 7.25. The van der Waals surface area contributed by atoms with Crippen LogP contribution in [0.2, 0.25) is 0 Å². The molecular weight excluding hydrogens is 271 g/mol. The zero-order valence-electron chi connectivity index (χ0n) is 12.3. The van der Waals surface area contributed by atoms with Crippen LogP contribution in [0, 0.1) is 18.7 Å². The molecule has 2 fully saturated rings. The molecule has 1 N–H and O–H groups in total. The molecule has 1 atom stereocenters. The Morgan fingerprint density at radius 3 is 2.76 bits per heavy atom. The van der Waals surface area contributed by atoms with Gasteiger partial charge in [-0.05, 0) is 55.9 Å². The molecule has 1 aliphatic carbocycles. The van der Waals surface area contributed by atoms with E-state index in [2.05, 4.69) is 5.32 Å². The Bertz CT molecular complexity index is 612. The van der Waals surface area contributed by atoms with Crippen molar-refractivity contribution in [3.05, 3.63) is 35.1 Å². The van der Waals surface area contributed by atoms with Crippen molar-refractivity contribution in [3.8, 4) is 0 Å². The van der Waals surface area contributed by atoms with Crippen LogP contribution in [0.1, 0.15) is 30.9 Å². The normalized spacial score (nSPS) is 26.0. The van der Waals surface area contributed by atoms with Crippen molar-refractivity contribution < 1.29 is 14.0 Å². The number of halogens is 1. The van der Waals surface area contributed by atoms with Crippen molar-refractivity contribution >= 4 is 11.8 Å². The molecule has 1 saturated carbocycles. The van der Waals surface area contributed by atoms with Crippen LogP contribution in [0.15, 0.2) is 18.2 Å². The molecule has 0 spiro atoms. The van der Waals surface area contributed by atoms with Crippen molar-refractivity contribution in [2.24, 2.45) is 5.92 Å². The summed E-state index contributed by atoms with van der Waals surface area (Å²) in [5.41, 5.74) is 0.871. The maximum absolute atomic E-state index is 13.4. The molecule has 1 aromatic rings. The maximum Gasteiger partial charge on any atom is 0.249 e. The van der Waals surface area contributed by atoms with Crippen LogP contribution in [0.25, 0.3) is 0 Å². The Labute approximate surface area is 123 Å². The van der Waals surface area contributed by atoms with Crippen molar-refractivity contribution in [1.29, 1.82) is 0 Å². The van der Waals surface area contributed by atoms with E-state index in [9.17, 15) is 14.0 Å². The SMILES string of the molecule is Cc1ccc(F)cc1CN1CC(=O)NC(C)(C2CC2)C1=O. The highest BCUT2D eigenvalue weighted by Gasteiger charge is 2.52. The van der Waals surface area contributed by atoms with Crippen LogP contribution in [-0.4, -0.2) is 28.8 Å². The van der Waals surface area contributed by atoms with Gasteiger partial charge in [0, 0.05) is 6.54 Å². The zero-order valence-corrected chi connectivity index (χ0v) is 12.3. The molecule has 21 heavy (non-hydrogen) atoms. The summed E-state index contributed by atoms with van der Waals surface area (Å²) in [4.78, 5) is 26.2. The Morgan fingerprint density at radius 1 is 1.38 bits per heavy atom. The van der Waals surface area contributed by atoms with Gasteiger partial charge in [-0.25, -0.2) is 4.39 Å². The highest BCUT2D eigenvalue weighted by Crippen LogP contribution is 2.41. The van der Waals surface area contributed by atoms with Gasteiger partial charge in [0.25, 0.3) is 0 Å². The van der Waals surface area contributed by atoms with Gasteiger partial charge in [0.05, 0.1) is 6.54 Å². The smallest absolute Gasteiger partial charge is 0.249 e. The van der Waals surface area contributed by atoms with Crippen LogP contribution in [-0.2, 0) is 16.1 Å². The number of carbonyl (C=O) groups is 2. The van der Waals surface area contributed by atoms with Crippen molar-refractivity contribution in [2.45, 2.75) is 38.8 Å². The Morgan fingerprint density at radius 2 is 2.10 bits per heavy atom. The average molecular weight is 290 g/mol. The van der Waals surface area contributed by atoms with Crippen LogP contribution >= 0.6 is 0 Å². The zero-order chi connectivity index (χ0) is 15.2. The van der Waals surface area contributed by atoms with Crippen LogP contribution in [0.4, 0.5) is 4.39 Å².